The van der Waals surface area contributed by atoms with Gasteiger partial charge in [0.05, 0.1) is 12.3 Å². The molecule has 0 bridgehead atoms. The van der Waals surface area contributed by atoms with Gasteiger partial charge < -0.3 is 14.2 Å². The molecule has 1 unspecified atom stereocenters. The van der Waals surface area contributed by atoms with Crippen molar-refractivity contribution < 1.29 is 23.1 Å². The molecule has 3 aromatic rings. The number of halogens is 1. The highest BCUT2D eigenvalue weighted by Crippen LogP contribution is 2.51. The number of benzene rings is 3. The molecule has 3 rings (SSSR count). The molecule has 142 valence electrons. The van der Waals surface area contributed by atoms with Gasteiger partial charge in [0.25, 0.3) is 0 Å². The number of hydrogen-bond acceptors (Lipinski definition) is 4. The molecular weight excluding hydrogens is 366 g/mol. The van der Waals surface area contributed by atoms with E-state index in [1.807, 2.05) is 37.3 Å². The molecule has 0 saturated heterocycles. The lowest BCUT2D eigenvalue weighted by molar-refractivity contribution is 0.184. The Bertz CT molecular complexity index is 993. The van der Waals surface area contributed by atoms with Gasteiger partial charge in [0, 0.05) is 14.2 Å². The second-order valence-electron chi connectivity index (χ2n) is 6.38. The summed E-state index contributed by atoms with van der Waals surface area (Å²) in [6.45, 7) is 1.89. The van der Waals surface area contributed by atoms with E-state index in [0.29, 0.717) is 5.56 Å². The molecule has 0 aliphatic carbocycles. The topological polar surface area (TPSA) is 55.8 Å². The number of fused-ring (bicyclic) bond motifs is 1. The maximum absolute atomic E-state index is 13.4. The van der Waals surface area contributed by atoms with Gasteiger partial charge in [0.1, 0.15) is 5.82 Å². The molecule has 0 aliphatic rings. The second kappa shape index (κ2) is 7.91. The molecule has 6 heteroatoms. The van der Waals surface area contributed by atoms with E-state index in [0.717, 1.165) is 27.5 Å². The van der Waals surface area contributed by atoms with E-state index in [1.165, 1.54) is 26.4 Å². The summed E-state index contributed by atoms with van der Waals surface area (Å²) < 4.78 is 36.0. The van der Waals surface area contributed by atoms with Crippen LogP contribution >= 0.6 is 7.60 Å². The largest absolute Gasteiger partial charge is 0.388 e. The van der Waals surface area contributed by atoms with Gasteiger partial charge in [0.15, 0.2) is 0 Å². The molecule has 0 aromatic heterocycles. The van der Waals surface area contributed by atoms with Crippen LogP contribution in [0.1, 0.15) is 17.2 Å². The fourth-order valence-corrected chi connectivity index (χ4v) is 4.44. The van der Waals surface area contributed by atoms with Crippen molar-refractivity contribution in [1.82, 2.24) is 0 Å². The first kappa shape index (κ1) is 19.7. The average molecular weight is 388 g/mol. The fraction of sp³-hybridized carbons (Fsp3) is 0.238. The maximum Gasteiger partial charge on any atom is 0.333 e. The predicted octanol–water partition coefficient (Wildman–Crippen LogP) is 5.47. The van der Waals surface area contributed by atoms with Crippen molar-refractivity contribution in [2.24, 2.45) is 0 Å². The Morgan fingerprint density at radius 3 is 2.33 bits per heavy atom. The Morgan fingerprint density at radius 2 is 1.70 bits per heavy atom. The Morgan fingerprint density at radius 1 is 1.07 bits per heavy atom. The van der Waals surface area contributed by atoms with Crippen LogP contribution in [0.15, 0.2) is 54.6 Å². The number of aliphatic hydroxyl groups is 1. The van der Waals surface area contributed by atoms with Crippen molar-refractivity contribution in [3.8, 4) is 11.1 Å². The Hall–Kier alpha value is -2.04. The quantitative estimate of drug-likeness (QED) is 0.569. The van der Waals surface area contributed by atoms with Gasteiger partial charge in [0.2, 0.25) is 0 Å². The summed E-state index contributed by atoms with van der Waals surface area (Å²) in [4.78, 5) is 0. The van der Waals surface area contributed by atoms with Crippen molar-refractivity contribution in [1.29, 1.82) is 0 Å². The molecule has 0 saturated carbocycles. The molecule has 1 N–H and O–H groups in total. The average Bonchev–Trinajstić information content (AvgIpc) is 2.67. The van der Waals surface area contributed by atoms with Crippen molar-refractivity contribution in [3.63, 3.8) is 0 Å². The van der Waals surface area contributed by atoms with Crippen LogP contribution in [0.5, 0.6) is 0 Å². The van der Waals surface area contributed by atoms with Crippen molar-refractivity contribution in [2.75, 3.05) is 20.4 Å². The zero-order chi connectivity index (χ0) is 19.6. The molecule has 0 spiro atoms. The zero-order valence-electron chi connectivity index (χ0n) is 15.5. The van der Waals surface area contributed by atoms with Crippen LogP contribution in [0.4, 0.5) is 4.39 Å². The van der Waals surface area contributed by atoms with Gasteiger partial charge >= 0.3 is 7.60 Å². The summed E-state index contributed by atoms with van der Waals surface area (Å²) in [6, 6.07) is 15.9. The smallest absolute Gasteiger partial charge is 0.333 e. The minimum Gasteiger partial charge on any atom is -0.388 e. The first-order valence-electron chi connectivity index (χ1n) is 8.55. The van der Waals surface area contributed by atoms with Crippen LogP contribution in [0.25, 0.3) is 21.9 Å². The highest BCUT2D eigenvalue weighted by Gasteiger charge is 2.29. The van der Waals surface area contributed by atoms with Gasteiger partial charge in [-0.25, -0.2) is 4.39 Å². The van der Waals surface area contributed by atoms with E-state index in [2.05, 4.69) is 0 Å². The molecule has 0 fully saturated rings. The van der Waals surface area contributed by atoms with Crippen LogP contribution in [0.2, 0.25) is 0 Å². The van der Waals surface area contributed by atoms with Gasteiger partial charge in [-0.1, -0.05) is 42.5 Å². The Labute approximate surface area is 158 Å². The highest BCUT2D eigenvalue weighted by molar-refractivity contribution is 7.53. The lowest BCUT2D eigenvalue weighted by Crippen LogP contribution is -2.10. The van der Waals surface area contributed by atoms with Gasteiger partial charge in [-0.2, -0.15) is 0 Å². The SMILES string of the molecule is COP(=O)(CC(O)c1c(C)cc2ccccc2c1-c1ccc(F)cc1)OC. The van der Waals surface area contributed by atoms with Crippen LogP contribution in [0.3, 0.4) is 0 Å². The lowest BCUT2D eigenvalue weighted by Gasteiger charge is -2.23. The minimum absolute atomic E-state index is 0.173. The summed E-state index contributed by atoms with van der Waals surface area (Å²) >= 11 is 0. The number of rotatable bonds is 6. The molecule has 0 aliphatic heterocycles. The standard InChI is InChI=1S/C21H22FO4P/c1-14-12-16-6-4-5-7-18(16)21(15-8-10-17(22)11-9-15)20(14)19(23)13-27(24,25-2)26-3/h4-12,19,23H,13H2,1-3H3. The molecule has 0 heterocycles. The van der Waals surface area contributed by atoms with Crippen LogP contribution in [0, 0.1) is 12.7 Å². The summed E-state index contributed by atoms with van der Waals surface area (Å²) in [7, 11) is -0.819. The summed E-state index contributed by atoms with van der Waals surface area (Å²) in [5.41, 5.74) is 3.04. The van der Waals surface area contributed by atoms with E-state index in [-0.39, 0.29) is 12.0 Å². The van der Waals surface area contributed by atoms with Crippen molar-refractivity contribution in [3.05, 3.63) is 71.5 Å². The molecule has 4 nitrogen and oxygen atoms in total. The van der Waals surface area contributed by atoms with Gasteiger partial charge in [-0.3, -0.25) is 4.57 Å². The summed E-state index contributed by atoms with van der Waals surface area (Å²) in [5.74, 6) is -0.332. The van der Waals surface area contributed by atoms with Gasteiger partial charge in [-0.15, -0.1) is 0 Å². The fourth-order valence-electron chi connectivity index (χ4n) is 3.39. The summed E-state index contributed by atoms with van der Waals surface area (Å²) in [6.07, 6.45) is -1.24. The second-order valence-corrected chi connectivity index (χ2v) is 8.70. The summed E-state index contributed by atoms with van der Waals surface area (Å²) in [5, 5.41) is 12.9. The molecule has 1 atom stereocenters. The lowest BCUT2D eigenvalue weighted by atomic mass is 9.88. The predicted molar refractivity (Wildman–Crippen MR) is 106 cm³/mol. The Kier molecular flexibility index (Phi) is 5.78. The third-order valence-electron chi connectivity index (χ3n) is 4.72. The maximum atomic E-state index is 13.4. The first-order valence-corrected chi connectivity index (χ1v) is 10.3. The molecule has 0 radical (unpaired) electrons. The molecule has 3 aromatic carbocycles. The van der Waals surface area contributed by atoms with Crippen molar-refractivity contribution >= 4 is 18.4 Å². The monoisotopic (exact) mass is 388 g/mol. The van der Waals surface area contributed by atoms with E-state index in [9.17, 15) is 14.1 Å². The van der Waals surface area contributed by atoms with E-state index in [4.69, 9.17) is 9.05 Å². The van der Waals surface area contributed by atoms with Crippen LogP contribution < -0.4 is 0 Å². The minimum atomic E-state index is -3.41. The zero-order valence-corrected chi connectivity index (χ0v) is 16.4. The third kappa shape index (κ3) is 3.97. The number of aliphatic hydroxyl groups excluding tert-OH is 1. The molecule has 0 amide bonds. The van der Waals surface area contributed by atoms with Crippen LogP contribution in [-0.4, -0.2) is 25.5 Å². The van der Waals surface area contributed by atoms with Gasteiger partial charge in [-0.05, 0) is 52.1 Å². The molecule has 27 heavy (non-hydrogen) atoms. The van der Waals surface area contributed by atoms with Crippen LogP contribution in [-0.2, 0) is 13.6 Å². The third-order valence-corrected chi connectivity index (χ3v) is 6.62. The first-order chi connectivity index (χ1) is 12.9. The van der Waals surface area contributed by atoms with E-state index in [1.54, 1.807) is 12.1 Å². The number of hydrogen-bond donors (Lipinski definition) is 1. The highest BCUT2D eigenvalue weighted by atomic mass is 31.2. The Balaban J connectivity index is 2.25. The van der Waals surface area contributed by atoms with E-state index < -0.39 is 13.7 Å². The van der Waals surface area contributed by atoms with E-state index >= 15 is 0 Å². The molecular formula is C21H22FO4P. The normalized spacial score (nSPS) is 13.1. The van der Waals surface area contributed by atoms with Crippen molar-refractivity contribution in [2.45, 2.75) is 13.0 Å². The number of aryl methyl sites for hydroxylation is 1.